The van der Waals surface area contributed by atoms with E-state index in [0.717, 1.165) is 11.8 Å². The van der Waals surface area contributed by atoms with Crippen molar-refractivity contribution in [3.05, 3.63) is 54.5 Å². The van der Waals surface area contributed by atoms with Crippen LogP contribution in [-0.4, -0.2) is 76.2 Å². The van der Waals surface area contributed by atoms with Crippen LogP contribution in [0.1, 0.15) is 171 Å². The van der Waals surface area contributed by atoms with Gasteiger partial charge in [0.2, 0.25) is 0 Å². The van der Waals surface area contributed by atoms with Gasteiger partial charge >= 0.3 is 0 Å². The Bertz CT molecular complexity index is 1280. The van der Waals surface area contributed by atoms with E-state index in [1.807, 2.05) is 73.8 Å². The molecule has 3 aromatic rings. The molecule has 0 aromatic carbocycles. The molecule has 0 spiro atoms. The second-order valence-corrected chi connectivity index (χ2v) is 14.8. The molecule has 5 heterocycles. The van der Waals surface area contributed by atoms with Crippen LogP contribution in [0.5, 0.6) is 0 Å². The maximum atomic E-state index is 4.76. The Balaban J connectivity index is 0.000000317. The lowest BCUT2D eigenvalue weighted by atomic mass is 9.86. The molecule has 2 aliphatic heterocycles. The highest BCUT2D eigenvalue weighted by molar-refractivity contribution is 5.77. The summed E-state index contributed by atoms with van der Waals surface area (Å²) in [4.78, 5) is 17.2. The summed E-state index contributed by atoms with van der Waals surface area (Å²) in [6.45, 7) is 29.1. The van der Waals surface area contributed by atoms with Crippen molar-refractivity contribution in [1.82, 2.24) is 24.3 Å². The Kier molecular flexibility index (Phi) is 25.5. The number of likely N-dealkylation sites (tertiary alicyclic amines) is 2. The van der Waals surface area contributed by atoms with E-state index in [9.17, 15) is 0 Å². The van der Waals surface area contributed by atoms with Gasteiger partial charge in [-0.1, -0.05) is 127 Å². The molecule has 6 nitrogen and oxygen atoms in total. The maximum Gasteiger partial charge on any atom is 0.140 e. The van der Waals surface area contributed by atoms with Gasteiger partial charge in [0.1, 0.15) is 11.5 Å². The van der Waals surface area contributed by atoms with Gasteiger partial charge < -0.3 is 19.3 Å². The lowest BCUT2D eigenvalue weighted by Crippen LogP contribution is -2.47. The van der Waals surface area contributed by atoms with Gasteiger partial charge in [0.15, 0.2) is 0 Å². The number of hydrogen-bond acceptors (Lipinski definition) is 5. The summed E-state index contributed by atoms with van der Waals surface area (Å²) in [6, 6.07) is 14.4. The van der Waals surface area contributed by atoms with E-state index >= 15 is 0 Å². The number of rotatable bonds is 9. The number of pyridine rings is 2. The molecular weight excluding hydrogens is 661 g/mol. The fourth-order valence-electron chi connectivity index (χ4n) is 9.00. The van der Waals surface area contributed by atoms with E-state index in [0.29, 0.717) is 12.1 Å². The highest BCUT2D eigenvalue weighted by atomic mass is 15.2. The van der Waals surface area contributed by atoms with Crippen molar-refractivity contribution in [1.29, 1.82) is 0 Å². The summed E-state index contributed by atoms with van der Waals surface area (Å²) >= 11 is 0. The van der Waals surface area contributed by atoms with Crippen LogP contribution in [0.4, 0.5) is 5.82 Å². The van der Waals surface area contributed by atoms with Crippen LogP contribution in [0.3, 0.4) is 0 Å². The summed E-state index contributed by atoms with van der Waals surface area (Å²) in [7, 11) is 0. The second kappa shape index (κ2) is 28.9. The van der Waals surface area contributed by atoms with Crippen molar-refractivity contribution < 1.29 is 0 Å². The van der Waals surface area contributed by atoms with E-state index in [1.54, 1.807) is 5.69 Å². The number of fused-ring (bicyclic) bond motifs is 1. The molecule has 2 aliphatic carbocycles. The quantitative estimate of drug-likeness (QED) is 0.218. The number of piperidine rings is 2. The second-order valence-electron chi connectivity index (χ2n) is 14.8. The van der Waals surface area contributed by atoms with Crippen LogP contribution in [0.15, 0.2) is 48.8 Å². The van der Waals surface area contributed by atoms with Gasteiger partial charge in [-0.05, 0) is 100 Å². The zero-order chi connectivity index (χ0) is 39.6. The van der Waals surface area contributed by atoms with Gasteiger partial charge in [0.25, 0.3) is 0 Å². The third-order valence-electron chi connectivity index (χ3n) is 11.8. The molecule has 0 amide bonds. The predicted molar refractivity (Wildman–Crippen MR) is 239 cm³/mol. The predicted octanol–water partition coefficient (Wildman–Crippen LogP) is 12.9. The standard InChI is InChI=1S/C21H31N3.C19H31N3.4C2H6/c1-2-23-13-10-19(11-14-23)24-20(15-17-7-4-3-5-8-17)16-18-9-6-12-22-21(18)24;1-2-21-14-11-18(12-15-21)22(19-10-6-7-13-20-19)16-17-8-4-3-5-9-17;4*1-2/h6,9,12,16-17,19H,2-5,7-8,10-11,13-15H2,1H3;6-7,10,13,17-18H,2-5,8-9,11-12,14-16H2,1H3;4*1-2H3. The fraction of sp³-hybridized carbons (Fsp3) is 0.750. The molecule has 3 aromatic heterocycles. The van der Waals surface area contributed by atoms with Gasteiger partial charge in [-0.3, -0.25) is 0 Å². The Morgan fingerprint density at radius 1 is 0.593 bits per heavy atom. The van der Waals surface area contributed by atoms with E-state index in [2.05, 4.69) is 68.4 Å². The maximum absolute atomic E-state index is 4.76. The molecule has 4 fully saturated rings. The minimum atomic E-state index is 0.638. The molecule has 2 saturated heterocycles. The monoisotopic (exact) mass is 747 g/mol. The van der Waals surface area contributed by atoms with Crippen LogP contribution in [0.25, 0.3) is 11.0 Å². The first kappa shape index (κ1) is 47.7. The summed E-state index contributed by atoms with van der Waals surface area (Å²) in [5.74, 6) is 2.96. The fourth-order valence-corrected chi connectivity index (χ4v) is 9.00. The highest BCUT2D eigenvalue weighted by Crippen LogP contribution is 2.34. The van der Waals surface area contributed by atoms with Gasteiger partial charge in [0.05, 0.1) is 0 Å². The number of anilines is 1. The highest BCUT2D eigenvalue weighted by Gasteiger charge is 2.28. The lowest BCUT2D eigenvalue weighted by molar-refractivity contribution is 0.194. The van der Waals surface area contributed by atoms with Crippen LogP contribution >= 0.6 is 0 Å². The minimum Gasteiger partial charge on any atom is -0.353 e. The first-order chi connectivity index (χ1) is 26.7. The van der Waals surface area contributed by atoms with Crippen molar-refractivity contribution in [2.45, 2.75) is 178 Å². The molecular formula is C48H86N6. The summed E-state index contributed by atoms with van der Waals surface area (Å²) in [5.41, 5.74) is 2.77. The van der Waals surface area contributed by atoms with Crippen LogP contribution in [0, 0.1) is 11.8 Å². The lowest BCUT2D eigenvalue weighted by Gasteiger charge is -2.41. The van der Waals surface area contributed by atoms with E-state index in [-0.39, 0.29) is 0 Å². The number of nitrogens with zero attached hydrogens (tertiary/aromatic N) is 6. The molecule has 2 saturated carbocycles. The SMILES string of the molecule is CC.CC.CC.CC.CCN1CCC(N(CC2CCCCC2)c2ccccn2)CC1.CCN1CCC(n2c(CC3CCCCC3)cc3cccnc32)CC1. The summed E-state index contributed by atoms with van der Waals surface area (Å²) in [6.07, 6.45) is 24.5. The van der Waals surface area contributed by atoms with Crippen LogP contribution in [0.2, 0.25) is 0 Å². The molecule has 0 unspecified atom stereocenters. The first-order valence-corrected chi connectivity index (χ1v) is 23.3. The van der Waals surface area contributed by atoms with Gasteiger partial charge in [-0.15, -0.1) is 0 Å². The number of aromatic nitrogens is 3. The normalized spacial score (nSPS) is 18.9. The Hall–Kier alpha value is -2.44. The summed E-state index contributed by atoms with van der Waals surface area (Å²) < 4.78 is 2.62. The number of hydrogen-bond donors (Lipinski definition) is 0. The van der Waals surface area contributed by atoms with E-state index in [1.165, 1.54) is 159 Å². The molecule has 54 heavy (non-hydrogen) atoms. The van der Waals surface area contributed by atoms with Crippen LogP contribution in [-0.2, 0) is 6.42 Å². The summed E-state index contributed by atoms with van der Waals surface area (Å²) in [5, 5.41) is 1.33. The average molecular weight is 747 g/mol. The third kappa shape index (κ3) is 14.9. The minimum absolute atomic E-state index is 0.638. The molecule has 0 atom stereocenters. The van der Waals surface area contributed by atoms with Crippen molar-refractivity contribution in [3.63, 3.8) is 0 Å². The molecule has 4 aliphatic rings. The van der Waals surface area contributed by atoms with Crippen molar-refractivity contribution in [2.75, 3.05) is 50.7 Å². The van der Waals surface area contributed by atoms with Crippen molar-refractivity contribution in [3.8, 4) is 0 Å². The average Bonchev–Trinajstić information content (AvgIpc) is 3.64. The van der Waals surface area contributed by atoms with Gasteiger partial charge in [-0.2, -0.15) is 0 Å². The Labute approximate surface area is 334 Å². The first-order valence-electron chi connectivity index (χ1n) is 23.3. The van der Waals surface area contributed by atoms with E-state index in [4.69, 9.17) is 4.98 Å². The van der Waals surface area contributed by atoms with E-state index < -0.39 is 0 Å². The van der Waals surface area contributed by atoms with Gasteiger partial charge in [-0.25, -0.2) is 9.97 Å². The van der Waals surface area contributed by atoms with Crippen molar-refractivity contribution >= 4 is 16.9 Å². The zero-order valence-corrected chi connectivity index (χ0v) is 37.2. The molecule has 0 bridgehead atoms. The topological polar surface area (TPSA) is 40.4 Å². The smallest absolute Gasteiger partial charge is 0.140 e. The molecule has 0 radical (unpaired) electrons. The van der Waals surface area contributed by atoms with Crippen molar-refractivity contribution in [2.24, 2.45) is 11.8 Å². The Morgan fingerprint density at radius 3 is 1.67 bits per heavy atom. The van der Waals surface area contributed by atoms with Crippen LogP contribution < -0.4 is 4.90 Å². The molecule has 0 N–H and O–H groups in total. The largest absolute Gasteiger partial charge is 0.353 e. The molecule has 308 valence electrons. The Morgan fingerprint density at radius 2 is 1.13 bits per heavy atom. The zero-order valence-electron chi connectivity index (χ0n) is 37.2. The molecule has 7 rings (SSSR count). The third-order valence-corrected chi connectivity index (χ3v) is 11.8. The van der Waals surface area contributed by atoms with Gasteiger partial charge in [0, 0.05) is 68.3 Å². The molecule has 6 heteroatoms.